The number of nitrogens with zero attached hydrogens (tertiary/aromatic N) is 1. The van der Waals surface area contributed by atoms with Crippen LogP contribution in [0.15, 0.2) is 12.3 Å². The van der Waals surface area contributed by atoms with Crippen LogP contribution >= 0.6 is 11.6 Å². The Morgan fingerprint density at radius 1 is 1.43 bits per heavy atom. The van der Waals surface area contributed by atoms with Crippen molar-refractivity contribution in [1.82, 2.24) is 10.3 Å². The first kappa shape index (κ1) is 9.94. The van der Waals surface area contributed by atoms with Gasteiger partial charge in [-0.25, -0.2) is 0 Å². The van der Waals surface area contributed by atoms with Crippen LogP contribution in [0.5, 0.6) is 0 Å². The van der Waals surface area contributed by atoms with E-state index >= 15 is 0 Å². The Kier molecular flexibility index (Phi) is 3.04. The first-order valence-corrected chi connectivity index (χ1v) is 5.48. The van der Waals surface area contributed by atoms with Crippen LogP contribution in [0.3, 0.4) is 0 Å². The molecule has 14 heavy (non-hydrogen) atoms. The lowest BCUT2D eigenvalue weighted by Gasteiger charge is -2.23. The van der Waals surface area contributed by atoms with Crippen LogP contribution in [-0.2, 0) is 0 Å². The Balaban J connectivity index is 2.22. The summed E-state index contributed by atoms with van der Waals surface area (Å²) in [7, 11) is 0. The smallest absolute Gasteiger partial charge is 0.0592 e. The van der Waals surface area contributed by atoms with E-state index in [1.807, 2.05) is 6.07 Å². The van der Waals surface area contributed by atoms with E-state index in [-0.39, 0.29) is 0 Å². The van der Waals surface area contributed by atoms with Gasteiger partial charge in [0.15, 0.2) is 0 Å². The maximum absolute atomic E-state index is 5.88. The van der Waals surface area contributed by atoms with Gasteiger partial charge in [0.1, 0.15) is 0 Å². The molecule has 0 bridgehead atoms. The van der Waals surface area contributed by atoms with Crippen LogP contribution in [0.1, 0.15) is 30.0 Å². The van der Waals surface area contributed by atoms with Gasteiger partial charge in [-0.15, -0.1) is 0 Å². The van der Waals surface area contributed by atoms with Gasteiger partial charge in [0.25, 0.3) is 0 Å². The third-order valence-corrected chi connectivity index (χ3v) is 3.02. The average Bonchev–Trinajstić information content (AvgIpc) is 2.19. The molecule has 3 heteroatoms. The van der Waals surface area contributed by atoms with Gasteiger partial charge in [-0.3, -0.25) is 4.98 Å². The zero-order valence-corrected chi connectivity index (χ0v) is 9.14. The molecule has 0 unspecified atom stereocenters. The van der Waals surface area contributed by atoms with Gasteiger partial charge in [-0.05, 0) is 44.5 Å². The summed E-state index contributed by atoms with van der Waals surface area (Å²) in [6.07, 6.45) is 4.14. The number of nitrogens with one attached hydrogen (secondary N) is 1. The molecule has 0 saturated carbocycles. The first-order chi connectivity index (χ1) is 6.77. The maximum atomic E-state index is 5.88. The fourth-order valence-electron chi connectivity index (χ4n) is 2.07. The quantitative estimate of drug-likeness (QED) is 0.771. The van der Waals surface area contributed by atoms with Crippen LogP contribution in [-0.4, -0.2) is 18.1 Å². The second-order valence-electron chi connectivity index (χ2n) is 3.88. The second-order valence-corrected chi connectivity index (χ2v) is 4.32. The van der Waals surface area contributed by atoms with E-state index in [4.69, 9.17) is 11.6 Å². The fourth-order valence-corrected chi connectivity index (χ4v) is 2.29. The topological polar surface area (TPSA) is 24.9 Å². The minimum absolute atomic E-state index is 0.619. The van der Waals surface area contributed by atoms with E-state index in [1.165, 1.54) is 24.1 Å². The minimum Gasteiger partial charge on any atom is -0.317 e. The highest BCUT2D eigenvalue weighted by Gasteiger charge is 2.17. The van der Waals surface area contributed by atoms with E-state index < -0.39 is 0 Å². The van der Waals surface area contributed by atoms with Gasteiger partial charge in [0.05, 0.1) is 5.02 Å². The molecule has 0 radical (unpaired) electrons. The van der Waals surface area contributed by atoms with Crippen molar-refractivity contribution >= 4 is 11.6 Å². The highest BCUT2D eigenvalue weighted by molar-refractivity contribution is 6.30. The number of rotatable bonds is 1. The largest absolute Gasteiger partial charge is 0.317 e. The van der Waals surface area contributed by atoms with Crippen molar-refractivity contribution in [1.29, 1.82) is 0 Å². The van der Waals surface area contributed by atoms with E-state index in [1.54, 1.807) is 6.20 Å². The lowest BCUT2D eigenvalue weighted by molar-refractivity contribution is 0.452. The molecule has 2 rings (SSSR count). The van der Waals surface area contributed by atoms with Gasteiger partial charge in [-0.1, -0.05) is 11.6 Å². The molecule has 0 aliphatic carbocycles. The molecule has 1 aliphatic heterocycles. The summed E-state index contributed by atoms with van der Waals surface area (Å²) in [5.41, 5.74) is 2.46. The normalized spacial score (nSPS) is 18.4. The molecular weight excluding hydrogens is 196 g/mol. The van der Waals surface area contributed by atoms with Gasteiger partial charge < -0.3 is 5.32 Å². The van der Waals surface area contributed by atoms with E-state index in [2.05, 4.69) is 17.2 Å². The standard InChI is InChI=1S/C11H15ClN2/c1-8-6-10(12)7-14-11(8)9-2-4-13-5-3-9/h6-7,9,13H,2-5H2,1H3. The monoisotopic (exact) mass is 210 g/mol. The maximum Gasteiger partial charge on any atom is 0.0592 e. The van der Waals surface area contributed by atoms with Gasteiger partial charge in [0, 0.05) is 17.8 Å². The zero-order chi connectivity index (χ0) is 9.97. The van der Waals surface area contributed by atoms with Crippen LogP contribution in [0.25, 0.3) is 0 Å². The number of hydrogen-bond donors (Lipinski definition) is 1. The molecule has 1 aromatic rings. The predicted octanol–water partition coefficient (Wildman–Crippen LogP) is 2.51. The van der Waals surface area contributed by atoms with E-state index in [0.29, 0.717) is 5.92 Å². The van der Waals surface area contributed by atoms with Crippen LogP contribution < -0.4 is 5.32 Å². The first-order valence-electron chi connectivity index (χ1n) is 5.10. The molecule has 0 amide bonds. The zero-order valence-electron chi connectivity index (χ0n) is 8.39. The molecule has 1 N–H and O–H groups in total. The molecule has 0 atom stereocenters. The summed E-state index contributed by atoms with van der Waals surface area (Å²) in [6.45, 7) is 4.30. The molecule has 2 nitrogen and oxygen atoms in total. The predicted molar refractivity (Wildman–Crippen MR) is 58.8 cm³/mol. The Labute approximate surface area is 89.7 Å². The van der Waals surface area contributed by atoms with Crippen molar-refractivity contribution < 1.29 is 0 Å². The Hall–Kier alpha value is -0.600. The molecule has 0 spiro atoms. The molecule has 76 valence electrons. The van der Waals surface area contributed by atoms with Gasteiger partial charge in [0.2, 0.25) is 0 Å². The number of pyridine rings is 1. The molecule has 0 aromatic carbocycles. The minimum atomic E-state index is 0.619. The van der Waals surface area contributed by atoms with Crippen molar-refractivity contribution in [2.75, 3.05) is 13.1 Å². The summed E-state index contributed by atoms with van der Waals surface area (Å²) in [5.74, 6) is 0.619. The number of hydrogen-bond acceptors (Lipinski definition) is 2. The SMILES string of the molecule is Cc1cc(Cl)cnc1C1CCNCC1. The summed E-state index contributed by atoms with van der Waals surface area (Å²) >= 11 is 5.88. The number of piperidine rings is 1. The third kappa shape index (κ3) is 2.07. The van der Waals surface area contributed by atoms with Gasteiger partial charge >= 0.3 is 0 Å². The molecule has 1 saturated heterocycles. The molecule has 1 aromatic heterocycles. The fraction of sp³-hybridized carbons (Fsp3) is 0.545. The third-order valence-electron chi connectivity index (χ3n) is 2.81. The Bertz CT molecular complexity index is 319. The summed E-state index contributed by atoms with van der Waals surface area (Å²) in [6, 6.07) is 2.01. The van der Waals surface area contributed by atoms with Crippen molar-refractivity contribution in [3.63, 3.8) is 0 Å². The van der Waals surface area contributed by atoms with Crippen LogP contribution in [0, 0.1) is 6.92 Å². The highest BCUT2D eigenvalue weighted by Crippen LogP contribution is 2.27. The molecular formula is C11H15ClN2. The van der Waals surface area contributed by atoms with Crippen molar-refractivity contribution in [3.05, 3.63) is 28.5 Å². The Morgan fingerprint density at radius 3 is 2.79 bits per heavy atom. The Morgan fingerprint density at radius 2 is 2.14 bits per heavy atom. The molecule has 1 fully saturated rings. The van der Waals surface area contributed by atoms with Crippen LogP contribution in [0.2, 0.25) is 5.02 Å². The van der Waals surface area contributed by atoms with E-state index in [9.17, 15) is 0 Å². The number of halogens is 1. The van der Waals surface area contributed by atoms with Crippen molar-refractivity contribution in [2.24, 2.45) is 0 Å². The second kappa shape index (κ2) is 4.28. The lowest BCUT2D eigenvalue weighted by Crippen LogP contribution is -2.27. The van der Waals surface area contributed by atoms with Crippen molar-refractivity contribution in [2.45, 2.75) is 25.7 Å². The van der Waals surface area contributed by atoms with Crippen molar-refractivity contribution in [3.8, 4) is 0 Å². The lowest BCUT2D eigenvalue weighted by atomic mass is 9.92. The molecule has 2 heterocycles. The van der Waals surface area contributed by atoms with Crippen LogP contribution in [0.4, 0.5) is 0 Å². The highest BCUT2D eigenvalue weighted by atomic mass is 35.5. The number of aryl methyl sites for hydroxylation is 1. The molecule has 1 aliphatic rings. The van der Waals surface area contributed by atoms with Gasteiger partial charge in [-0.2, -0.15) is 0 Å². The van der Waals surface area contributed by atoms with E-state index in [0.717, 1.165) is 18.1 Å². The average molecular weight is 211 g/mol. The summed E-state index contributed by atoms with van der Waals surface area (Å²) < 4.78 is 0. The summed E-state index contributed by atoms with van der Waals surface area (Å²) in [4.78, 5) is 4.44. The summed E-state index contributed by atoms with van der Waals surface area (Å²) in [5, 5.41) is 4.10. The number of aromatic nitrogens is 1.